The Labute approximate surface area is 129 Å². The zero-order chi connectivity index (χ0) is 15.6. The van der Waals surface area contributed by atoms with Crippen LogP contribution in [0.5, 0.6) is 0 Å². The van der Waals surface area contributed by atoms with E-state index in [0.717, 1.165) is 18.2 Å². The Morgan fingerprint density at radius 1 is 1.19 bits per heavy atom. The van der Waals surface area contributed by atoms with Gasteiger partial charge in [0.1, 0.15) is 15.9 Å². The predicted octanol–water partition coefficient (Wildman–Crippen LogP) is 3.10. The van der Waals surface area contributed by atoms with E-state index >= 15 is 0 Å². The molecule has 1 heterocycles. The number of aromatic nitrogens is 1. The Hall–Kier alpha value is -1.90. The molecule has 110 valence electrons. The third-order valence-electron chi connectivity index (χ3n) is 2.37. The van der Waals surface area contributed by atoms with Crippen molar-refractivity contribution in [2.45, 2.75) is 4.90 Å². The summed E-state index contributed by atoms with van der Waals surface area (Å²) >= 11 is 11.4. The van der Waals surface area contributed by atoms with Crippen molar-refractivity contribution in [2.24, 2.45) is 0 Å². The molecule has 21 heavy (non-hydrogen) atoms. The van der Waals surface area contributed by atoms with Crippen molar-refractivity contribution in [3.05, 3.63) is 56.7 Å². The van der Waals surface area contributed by atoms with Gasteiger partial charge in [0.05, 0.1) is 9.95 Å². The van der Waals surface area contributed by atoms with Gasteiger partial charge < -0.3 is 0 Å². The van der Waals surface area contributed by atoms with Crippen molar-refractivity contribution in [2.75, 3.05) is 4.72 Å². The lowest BCUT2D eigenvalue weighted by atomic mass is 10.3. The summed E-state index contributed by atoms with van der Waals surface area (Å²) in [5, 5.41) is 10.5. The van der Waals surface area contributed by atoms with Crippen molar-refractivity contribution >= 4 is 44.7 Å². The number of hydrogen-bond acceptors (Lipinski definition) is 5. The number of nitrogens with one attached hydrogen (secondary N) is 1. The first-order chi connectivity index (χ1) is 9.79. The van der Waals surface area contributed by atoms with E-state index in [1.807, 2.05) is 0 Å². The molecule has 7 nitrogen and oxygen atoms in total. The van der Waals surface area contributed by atoms with E-state index in [-0.39, 0.29) is 26.6 Å². The Morgan fingerprint density at radius 2 is 1.90 bits per heavy atom. The van der Waals surface area contributed by atoms with Gasteiger partial charge in [-0.2, -0.15) is 0 Å². The number of benzene rings is 1. The molecule has 0 atom stereocenters. The minimum absolute atomic E-state index is 0.0110. The van der Waals surface area contributed by atoms with Gasteiger partial charge >= 0.3 is 0 Å². The quantitative estimate of drug-likeness (QED) is 0.520. The van der Waals surface area contributed by atoms with Crippen molar-refractivity contribution in [1.82, 2.24) is 4.98 Å². The molecule has 0 saturated heterocycles. The maximum atomic E-state index is 12.2. The number of nitro benzene ring substituents is 1. The number of pyridine rings is 1. The van der Waals surface area contributed by atoms with Gasteiger partial charge in [0.25, 0.3) is 15.7 Å². The molecule has 0 aliphatic heterocycles. The van der Waals surface area contributed by atoms with E-state index in [9.17, 15) is 18.5 Å². The lowest BCUT2D eigenvalue weighted by Gasteiger charge is -2.08. The summed E-state index contributed by atoms with van der Waals surface area (Å²) in [4.78, 5) is 13.4. The highest BCUT2D eigenvalue weighted by molar-refractivity contribution is 7.92. The molecular formula is C11H7Cl2N3O4S. The second-order valence-electron chi connectivity index (χ2n) is 3.82. The first kappa shape index (κ1) is 15.5. The van der Waals surface area contributed by atoms with Gasteiger partial charge in [0.15, 0.2) is 0 Å². The monoisotopic (exact) mass is 347 g/mol. The maximum Gasteiger partial charge on any atom is 0.271 e. The van der Waals surface area contributed by atoms with Gasteiger partial charge in [-0.25, -0.2) is 13.4 Å². The summed E-state index contributed by atoms with van der Waals surface area (Å²) in [5.41, 5.74) is -0.306. The molecule has 2 aromatic rings. The molecule has 10 heteroatoms. The highest BCUT2D eigenvalue weighted by Crippen LogP contribution is 2.27. The van der Waals surface area contributed by atoms with E-state index in [4.69, 9.17) is 23.2 Å². The summed E-state index contributed by atoms with van der Waals surface area (Å²) in [6.45, 7) is 0. The van der Waals surface area contributed by atoms with Crippen LogP contribution >= 0.6 is 23.2 Å². The zero-order valence-corrected chi connectivity index (χ0v) is 12.5. The van der Waals surface area contributed by atoms with Crippen LogP contribution in [0.4, 0.5) is 11.5 Å². The Kier molecular flexibility index (Phi) is 4.31. The lowest BCUT2D eigenvalue weighted by Crippen LogP contribution is -2.14. The van der Waals surface area contributed by atoms with Crippen LogP contribution < -0.4 is 4.72 Å². The molecule has 2 rings (SSSR count). The first-order valence-electron chi connectivity index (χ1n) is 5.39. The summed E-state index contributed by atoms with van der Waals surface area (Å²) < 4.78 is 26.5. The molecule has 1 aromatic heterocycles. The third-order valence-corrected chi connectivity index (χ3v) is 4.42. The number of sulfonamides is 1. The number of anilines is 1. The second-order valence-corrected chi connectivity index (χ2v) is 6.27. The SMILES string of the molecule is O=[N+]([O-])c1ccc(S(=O)(=O)Nc2cccc(Cl)n2)c(Cl)c1. The second kappa shape index (κ2) is 5.84. The minimum Gasteiger partial charge on any atom is -0.263 e. The fourth-order valence-electron chi connectivity index (χ4n) is 1.48. The van der Waals surface area contributed by atoms with Crippen LogP contribution in [0.25, 0.3) is 0 Å². The molecule has 0 radical (unpaired) electrons. The fraction of sp³-hybridized carbons (Fsp3) is 0. The molecule has 0 bridgehead atoms. The van der Waals surface area contributed by atoms with Crippen molar-refractivity contribution < 1.29 is 13.3 Å². The number of halogens is 2. The van der Waals surface area contributed by atoms with Crippen LogP contribution in [-0.4, -0.2) is 18.3 Å². The highest BCUT2D eigenvalue weighted by Gasteiger charge is 2.21. The molecule has 1 aromatic carbocycles. The largest absolute Gasteiger partial charge is 0.271 e. The van der Waals surface area contributed by atoms with Gasteiger partial charge in [-0.05, 0) is 18.2 Å². The smallest absolute Gasteiger partial charge is 0.263 e. The Balaban J connectivity index is 2.38. The number of nitrogens with zero attached hydrogens (tertiary/aromatic N) is 2. The maximum absolute atomic E-state index is 12.2. The molecule has 0 fully saturated rings. The van der Waals surface area contributed by atoms with Crippen LogP contribution in [0.15, 0.2) is 41.3 Å². The Morgan fingerprint density at radius 3 is 2.48 bits per heavy atom. The summed E-state index contributed by atoms with van der Waals surface area (Å²) in [6.07, 6.45) is 0. The highest BCUT2D eigenvalue weighted by atomic mass is 35.5. The van der Waals surface area contributed by atoms with Gasteiger partial charge in [-0.15, -0.1) is 0 Å². The number of rotatable bonds is 4. The first-order valence-corrected chi connectivity index (χ1v) is 7.63. The summed E-state index contributed by atoms with van der Waals surface area (Å²) in [6, 6.07) is 7.46. The lowest BCUT2D eigenvalue weighted by molar-refractivity contribution is -0.384. The normalized spacial score (nSPS) is 11.1. The molecule has 0 saturated carbocycles. The molecule has 0 spiro atoms. The predicted molar refractivity (Wildman–Crippen MR) is 78.2 cm³/mol. The van der Waals surface area contributed by atoms with Gasteiger partial charge in [-0.1, -0.05) is 29.3 Å². The molecule has 0 aliphatic rings. The third kappa shape index (κ3) is 3.60. The standard InChI is InChI=1S/C11H7Cl2N3O4S/c12-8-6-7(16(17)18)4-5-9(8)21(19,20)15-11-3-1-2-10(13)14-11/h1-6H,(H,14,15). The minimum atomic E-state index is -4.03. The van der Waals surface area contributed by atoms with Gasteiger partial charge in [0, 0.05) is 12.1 Å². The number of hydrogen-bond donors (Lipinski definition) is 1. The van der Waals surface area contributed by atoms with Crippen LogP contribution in [0, 0.1) is 10.1 Å². The topological polar surface area (TPSA) is 102 Å². The van der Waals surface area contributed by atoms with Crippen LogP contribution in [-0.2, 0) is 10.0 Å². The van der Waals surface area contributed by atoms with Crippen molar-refractivity contribution in [1.29, 1.82) is 0 Å². The van der Waals surface area contributed by atoms with Gasteiger partial charge in [0.2, 0.25) is 0 Å². The average molecular weight is 348 g/mol. The molecule has 0 aliphatic carbocycles. The van der Waals surface area contributed by atoms with Crippen LogP contribution in [0.2, 0.25) is 10.2 Å². The van der Waals surface area contributed by atoms with E-state index in [1.165, 1.54) is 18.2 Å². The van der Waals surface area contributed by atoms with Crippen LogP contribution in [0.1, 0.15) is 0 Å². The average Bonchev–Trinajstić information content (AvgIpc) is 2.37. The number of non-ortho nitro benzene ring substituents is 1. The molecular weight excluding hydrogens is 341 g/mol. The summed E-state index contributed by atoms with van der Waals surface area (Å²) in [5.74, 6) is 0.0110. The van der Waals surface area contributed by atoms with Crippen molar-refractivity contribution in [3.63, 3.8) is 0 Å². The van der Waals surface area contributed by atoms with Gasteiger partial charge in [-0.3, -0.25) is 14.8 Å². The zero-order valence-electron chi connectivity index (χ0n) is 10.2. The summed E-state index contributed by atoms with van der Waals surface area (Å²) in [7, 11) is -4.03. The van der Waals surface area contributed by atoms with E-state index in [1.54, 1.807) is 0 Å². The van der Waals surface area contributed by atoms with E-state index in [2.05, 4.69) is 9.71 Å². The van der Waals surface area contributed by atoms with Crippen LogP contribution in [0.3, 0.4) is 0 Å². The molecule has 0 unspecified atom stereocenters. The fourth-order valence-corrected chi connectivity index (χ4v) is 3.18. The van der Waals surface area contributed by atoms with Crippen molar-refractivity contribution in [3.8, 4) is 0 Å². The molecule has 0 amide bonds. The van der Waals surface area contributed by atoms with E-state index < -0.39 is 14.9 Å². The molecule has 1 N–H and O–H groups in total. The van der Waals surface area contributed by atoms with E-state index in [0.29, 0.717) is 0 Å². The Bertz CT molecular complexity index is 811. The number of nitro groups is 1.